The van der Waals surface area contributed by atoms with E-state index >= 15 is 0 Å². The van der Waals surface area contributed by atoms with Crippen LogP contribution in [0, 0.1) is 10.1 Å². The summed E-state index contributed by atoms with van der Waals surface area (Å²) in [7, 11) is 0. The van der Waals surface area contributed by atoms with Crippen molar-refractivity contribution >= 4 is 29.0 Å². The second-order valence-corrected chi connectivity index (χ2v) is 5.09. The number of hydrogen-bond donors (Lipinski definition) is 1. The van der Waals surface area contributed by atoms with E-state index in [2.05, 4.69) is 10.3 Å². The van der Waals surface area contributed by atoms with E-state index in [4.69, 9.17) is 11.6 Å². The minimum Gasteiger partial charge on any atom is -0.335 e. The highest BCUT2D eigenvalue weighted by Gasteiger charge is 2.21. The minimum atomic E-state index is -0.534. The molecule has 2 heterocycles. The van der Waals surface area contributed by atoms with Crippen molar-refractivity contribution in [1.82, 2.24) is 9.55 Å². The molecule has 21 heavy (non-hydrogen) atoms. The van der Waals surface area contributed by atoms with Gasteiger partial charge in [0.2, 0.25) is 0 Å². The molecule has 0 fully saturated rings. The summed E-state index contributed by atoms with van der Waals surface area (Å²) in [5, 5.41) is 13.8. The highest BCUT2D eigenvalue weighted by molar-refractivity contribution is 6.30. The van der Waals surface area contributed by atoms with Crippen molar-refractivity contribution in [2.75, 3.05) is 5.32 Å². The predicted molar refractivity (Wildman–Crippen MR) is 78.7 cm³/mol. The quantitative estimate of drug-likeness (QED) is 0.693. The molecule has 0 atom stereocenters. The Hall–Kier alpha value is -2.41. The minimum absolute atomic E-state index is 0.0910. The average Bonchev–Trinajstić information content (AvgIpc) is 2.84. The van der Waals surface area contributed by atoms with Crippen molar-refractivity contribution in [3.05, 3.63) is 51.4 Å². The van der Waals surface area contributed by atoms with Crippen LogP contribution in [0.1, 0.15) is 30.4 Å². The lowest BCUT2D eigenvalue weighted by atomic mass is 10.3. The van der Waals surface area contributed by atoms with E-state index in [-0.39, 0.29) is 23.2 Å². The van der Waals surface area contributed by atoms with Crippen molar-refractivity contribution in [1.29, 1.82) is 0 Å². The van der Waals surface area contributed by atoms with Crippen LogP contribution in [0.4, 0.5) is 11.5 Å². The van der Waals surface area contributed by atoms with Crippen LogP contribution in [-0.2, 0) is 0 Å². The second kappa shape index (κ2) is 5.92. The van der Waals surface area contributed by atoms with E-state index in [1.54, 1.807) is 6.07 Å². The molecule has 0 saturated heterocycles. The number of pyridine rings is 1. The first-order valence-corrected chi connectivity index (χ1v) is 6.55. The summed E-state index contributed by atoms with van der Waals surface area (Å²) in [4.78, 5) is 26.5. The second-order valence-electron chi connectivity index (χ2n) is 4.66. The van der Waals surface area contributed by atoms with Crippen molar-refractivity contribution in [2.45, 2.75) is 19.9 Å². The highest BCUT2D eigenvalue weighted by Crippen LogP contribution is 2.22. The van der Waals surface area contributed by atoms with Crippen LogP contribution < -0.4 is 5.32 Å². The zero-order valence-corrected chi connectivity index (χ0v) is 12.2. The maximum absolute atomic E-state index is 12.2. The van der Waals surface area contributed by atoms with Gasteiger partial charge in [-0.25, -0.2) is 4.98 Å². The molecule has 0 aliphatic rings. The molecular weight excluding hydrogens is 296 g/mol. The molecule has 0 radical (unpaired) electrons. The van der Waals surface area contributed by atoms with Gasteiger partial charge in [0.05, 0.1) is 11.1 Å². The Bertz CT molecular complexity index is 696. The monoisotopic (exact) mass is 308 g/mol. The Labute approximate surface area is 125 Å². The Morgan fingerprint density at radius 2 is 2.19 bits per heavy atom. The van der Waals surface area contributed by atoms with E-state index in [0.717, 1.165) is 0 Å². The molecule has 1 N–H and O–H groups in total. The Balaban J connectivity index is 2.32. The van der Waals surface area contributed by atoms with Gasteiger partial charge in [-0.05, 0) is 26.0 Å². The van der Waals surface area contributed by atoms with Crippen LogP contribution >= 0.6 is 11.6 Å². The molecule has 7 nitrogen and oxygen atoms in total. The van der Waals surface area contributed by atoms with Crippen molar-refractivity contribution in [3.63, 3.8) is 0 Å². The van der Waals surface area contributed by atoms with Gasteiger partial charge in [-0.3, -0.25) is 14.9 Å². The molecule has 0 spiro atoms. The van der Waals surface area contributed by atoms with Gasteiger partial charge in [-0.2, -0.15) is 0 Å². The lowest BCUT2D eigenvalue weighted by molar-refractivity contribution is -0.384. The predicted octanol–water partition coefficient (Wildman–Crippen LogP) is 3.28. The molecular formula is C13H13ClN4O3. The fourth-order valence-corrected chi connectivity index (χ4v) is 1.99. The van der Waals surface area contributed by atoms with Gasteiger partial charge >= 0.3 is 0 Å². The average molecular weight is 309 g/mol. The lowest BCUT2D eigenvalue weighted by Gasteiger charge is -2.11. The first-order chi connectivity index (χ1) is 9.88. The SMILES string of the molecule is CC(C)n1cc([N+](=O)[O-])cc1C(=O)Nc1cc(Cl)ccn1. The van der Waals surface area contributed by atoms with Gasteiger partial charge in [0.1, 0.15) is 11.5 Å². The van der Waals surface area contributed by atoms with Crippen LogP contribution in [0.15, 0.2) is 30.6 Å². The third-order valence-corrected chi connectivity index (χ3v) is 3.03. The fraction of sp³-hybridized carbons (Fsp3) is 0.231. The van der Waals surface area contributed by atoms with Gasteiger partial charge in [0, 0.05) is 23.3 Å². The zero-order valence-electron chi connectivity index (χ0n) is 11.4. The van der Waals surface area contributed by atoms with Crippen LogP contribution in [0.5, 0.6) is 0 Å². The molecule has 2 aromatic rings. The molecule has 1 amide bonds. The summed E-state index contributed by atoms with van der Waals surface area (Å²) in [6.45, 7) is 3.66. The largest absolute Gasteiger partial charge is 0.335 e. The standard InChI is InChI=1S/C13H13ClN4O3/c1-8(2)17-7-10(18(20)21)6-11(17)13(19)16-12-5-9(14)3-4-15-12/h3-8H,1-2H3,(H,15,16,19). The number of carbonyl (C=O) groups is 1. The smallest absolute Gasteiger partial charge is 0.287 e. The molecule has 0 aliphatic carbocycles. The summed E-state index contributed by atoms with van der Waals surface area (Å²) < 4.78 is 1.54. The summed E-state index contributed by atoms with van der Waals surface area (Å²) in [5.74, 6) is -0.196. The van der Waals surface area contributed by atoms with Crippen LogP contribution in [-0.4, -0.2) is 20.4 Å². The first-order valence-electron chi connectivity index (χ1n) is 6.17. The first kappa shape index (κ1) is 15.0. The third-order valence-electron chi connectivity index (χ3n) is 2.80. The van der Waals surface area contributed by atoms with Crippen molar-refractivity contribution < 1.29 is 9.72 Å². The molecule has 110 valence electrons. The summed E-state index contributed by atoms with van der Waals surface area (Å²) >= 11 is 5.82. The molecule has 2 aromatic heterocycles. The maximum Gasteiger partial charge on any atom is 0.287 e. The zero-order chi connectivity index (χ0) is 15.6. The Morgan fingerprint density at radius 1 is 1.48 bits per heavy atom. The number of halogens is 1. The molecule has 8 heteroatoms. The number of nitro groups is 1. The Morgan fingerprint density at radius 3 is 2.76 bits per heavy atom. The topological polar surface area (TPSA) is 90.1 Å². The number of anilines is 1. The van der Waals surface area contributed by atoms with Gasteiger partial charge in [0.25, 0.3) is 11.6 Å². The normalized spacial score (nSPS) is 10.7. The van der Waals surface area contributed by atoms with Crippen LogP contribution in [0.25, 0.3) is 0 Å². The van der Waals surface area contributed by atoms with E-state index < -0.39 is 10.8 Å². The molecule has 2 rings (SSSR count). The third kappa shape index (κ3) is 3.38. The summed E-state index contributed by atoms with van der Waals surface area (Å²) in [6, 6.07) is 4.22. The number of amides is 1. The van der Waals surface area contributed by atoms with E-state index in [0.29, 0.717) is 5.02 Å². The molecule has 0 aliphatic heterocycles. The fourth-order valence-electron chi connectivity index (χ4n) is 1.83. The van der Waals surface area contributed by atoms with Crippen LogP contribution in [0.3, 0.4) is 0 Å². The lowest BCUT2D eigenvalue weighted by Crippen LogP contribution is -2.18. The van der Waals surface area contributed by atoms with Gasteiger partial charge in [-0.15, -0.1) is 0 Å². The van der Waals surface area contributed by atoms with Crippen LogP contribution in [0.2, 0.25) is 5.02 Å². The molecule has 0 saturated carbocycles. The van der Waals surface area contributed by atoms with Crippen molar-refractivity contribution in [3.8, 4) is 0 Å². The highest BCUT2D eigenvalue weighted by atomic mass is 35.5. The summed E-state index contributed by atoms with van der Waals surface area (Å²) in [5.41, 5.74) is 0.0615. The number of nitrogens with zero attached hydrogens (tertiary/aromatic N) is 3. The number of nitrogens with one attached hydrogen (secondary N) is 1. The number of carbonyl (C=O) groups excluding carboxylic acids is 1. The van der Waals surface area contributed by atoms with Gasteiger partial charge in [0.15, 0.2) is 0 Å². The number of aromatic nitrogens is 2. The molecule has 0 unspecified atom stereocenters. The Kier molecular flexibility index (Phi) is 4.23. The number of rotatable bonds is 4. The maximum atomic E-state index is 12.2. The van der Waals surface area contributed by atoms with Gasteiger partial charge in [-0.1, -0.05) is 11.6 Å². The summed E-state index contributed by atoms with van der Waals surface area (Å²) in [6.07, 6.45) is 2.80. The molecule has 0 bridgehead atoms. The van der Waals surface area contributed by atoms with Crippen molar-refractivity contribution in [2.24, 2.45) is 0 Å². The van der Waals surface area contributed by atoms with E-state index in [9.17, 15) is 14.9 Å². The number of hydrogen-bond acceptors (Lipinski definition) is 4. The van der Waals surface area contributed by atoms with E-state index in [1.165, 1.54) is 29.1 Å². The molecule has 0 aromatic carbocycles. The van der Waals surface area contributed by atoms with E-state index in [1.807, 2.05) is 13.8 Å². The van der Waals surface area contributed by atoms with Gasteiger partial charge < -0.3 is 9.88 Å².